The van der Waals surface area contributed by atoms with E-state index < -0.39 is 23.8 Å². The number of phenolic OH excluding ortho intramolecular Hbond substituents is 1. The van der Waals surface area contributed by atoms with Gasteiger partial charge < -0.3 is 25.4 Å². The monoisotopic (exact) mass is 547 g/mol. The summed E-state index contributed by atoms with van der Waals surface area (Å²) in [5.74, 6) is -0.630. The minimum atomic E-state index is -0.896. The lowest BCUT2D eigenvalue weighted by Gasteiger charge is -2.36. The summed E-state index contributed by atoms with van der Waals surface area (Å²) in [7, 11) is 0. The molecule has 0 spiro atoms. The van der Waals surface area contributed by atoms with Gasteiger partial charge in [0.1, 0.15) is 23.4 Å². The number of phenols is 1. The highest BCUT2D eigenvalue weighted by Gasteiger charge is 2.38. The maximum Gasteiger partial charge on any atom is 0.408 e. The van der Waals surface area contributed by atoms with Gasteiger partial charge in [-0.05, 0) is 69.7 Å². The zero-order valence-corrected chi connectivity index (χ0v) is 25.6. The average molecular weight is 548 g/mol. The Hall–Kier alpha value is -2.77. The van der Waals surface area contributed by atoms with E-state index >= 15 is 0 Å². The molecule has 0 saturated heterocycles. The molecule has 3 amide bonds. The molecule has 0 aromatic heterocycles. The van der Waals surface area contributed by atoms with Crippen molar-refractivity contribution in [3.05, 3.63) is 29.3 Å². The third-order valence-corrected chi connectivity index (χ3v) is 6.86. The molecule has 3 unspecified atom stereocenters. The van der Waals surface area contributed by atoms with Crippen LogP contribution in [0.1, 0.15) is 117 Å². The van der Waals surface area contributed by atoms with E-state index in [0.717, 1.165) is 44.9 Å². The van der Waals surface area contributed by atoms with Gasteiger partial charge in [0.25, 0.3) is 0 Å². The lowest BCUT2D eigenvalue weighted by Crippen LogP contribution is -2.55. The number of benzene rings is 1. The molecule has 8 nitrogen and oxygen atoms in total. The molecule has 3 N–H and O–H groups in total. The van der Waals surface area contributed by atoms with Gasteiger partial charge in [-0.25, -0.2) is 4.79 Å². The van der Waals surface area contributed by atoms with Crippen molar-refractivity contribution < 1.29 is 24.2 Å². The van der Waals surface area contributed by atoms with E-state index in [1.165, 1.54) is 0 Å². The number of hydrogen-bond acceptors (Lipinski definition) is 5. The van der Waals surface area contributed by atoms with Crippen molar-refractivity contribution >= 4 is 17.9 Å². The predicted molar refractivity (Wildman–Crippen MR) is 157 cm³/mol. The summed E-state index contributed by atoms with van der Waals surface area (Å²) in [4.78, 5) is 42.4. The summed E-state index contributed by atoms with van der Waals surface area (Å²) in [6, 6.07) is 3.27. The van der Waals surface area contributed by atoms with Crippen LogP contribution in [0.4, 0.5) is 4.79 Å². The molecule has 0 bridgehead atoms. The molecule has 1 rings (SSSR count). The number of aryl methyl sites for hydroxylation is 1. The molecule has 0 saturated carbocycles. The first-order valence-corrected chi connectivity index (χ1v) is 14.7. The van der Waals surface area contributed by atoms with E-state index in [2.05, 4.69) is 24.5 Å². The van der Waals surface area contributed by atoms with Crippen LogP contribution in [-0.2, 0) is 14.3 Å². The van der Waals surface area contributed by atoms with E-state index in [1.807, 2.05) is 13.8 Å². The van der Waals surface area contributed by atoms with Crippen LogP contribution in [0.25, 0.3) is 0 Å². The summed E-state index contributed by atoms with van der Waals surface area (Å²) in [6.07, 6.45) is 6.61. The quantitative estimate of drug-likeness (QED) is 0.208. The topological polar surface area (TPSA) is 108 Å². The molecule has 0 aliphatic heterocycles. The smallest absolute Gasteiger partial charge is 0.408 e. The van der Waals surface area contributed by atoms with Crippen LogP contribution in [0.2, 0.25) is 0 Å². The van der Waals surface area contributed by atoms with Gasteiger partial charge in [-0.1, -0.05) is 72.3 Å². The molecule has 0 aliphatic rings. The Kier molecular flexibility index (Phi) is 15.0. The molecule has 0 heterocycles. The summed E-state index contributed by atoms with van der Waals surface area (Å²) in [5.41, 5.74) is 0.541. The van der Waals surface area contributed by atoms with Crippen LogP contribution in [-0.4, -0.2) is 52.6 Å². The lowest BCUT2D eigenvalue weighted by atomic mass is 9.95. The Labute approximate surface area is 236 Å². The second-order valence-corrected chi connectivity index (χ2v) is 11.5. The number of amides is 3. The van der Waals surface area contributed by atoms with Gasteiger partial charge in [0, 0.05) is 13.1 Å². The summed E-state index contributed by atoms with van der Waals surface area (Å²) in [5, 5.41) is 16.0. The maximum atomic E-state index is 14.3. The summed E-state index contributed by atoms with van der Waals surface area (Å²) < 4.78 is 5.48. The van der Waals surface area contributed by atoms with Gasteiger partial charge in [0.05, 0.1) is 0 Å². The fourth-order valence-corrected chi connectivity index (χ4v) is 4.38. The highest BCUT2D eigenvalue weighted by atomic mass is 16.6. The third kappa shape index (κ3) is 11.9. The minimum Gasteiger partial charge on any atom is -0.508 e. The number of hydrogen-bond donors (Lipinski definition) is 3. The first-order chi connectivity index (χ1) is 18.4. The molecule has 8 heteroatoms. The number of alkyl carbamates (subject to hydrolysis) is 1. The second kappa shape index (κ2) is 17.0. The number of rotatable bonds is 16. The molecule has 3 atom stereocenters. The first kappa shape index (κ1) is 34.3. The standard InChI is InChI=1S/C31H53N3O5/c1-9-12-14-16-20-34(29(37)26(22(4)11-3)33-30(38)39-31(6,7)8)27(28(36)32-19-15-13-10-2)24-17-18-25(35)23(5)21-24/h17-18,21-22,26-27,35H,9-16,19-20H2,1-8H3,(H,32,36)(H,33,38). The molecule has 0 radical (unpaired) electrons. The zero-order chi connectivity index (χ0) is 29.6. The van der Waals surface area contributed by atoms with Crippen LogP contribution in [0.15, 0.2) is 18.2 Å². The molecule has 1 aromatic rings. The Morgan fingerprint density at radius 3 is 2.21 bits per heavy atom. The fourth-order valence-electron chi connectivity index (χ4n) is 4.38. The van der Waals surface area contributed by atoms with Gasteiger partial charge in [0.15, 0.2) is 0 Å². The minimum absolute atomic E-state index is 0.130. The van der Waals surface area contributed by atoms with Gasteiger partial charge >= 0.3 is 6.09 Å². The van der Waals surface area contributed by atoms with Gasteiger partial charge in [0.2, 0.25) is 11.8 Å². The van der Waals surface area contributed by atoms with Crippen LogP contribution < -0.4 is 10.6 Å². The number of nitrogens with one attached hydrogen (secondary N) is 2. The highest BCUT2D eigenvalue weighted by molar-refractivity contribution is 5.92. The number of nitrogens with zero attached hydrogens (tertiary/aromatic N) is 1. The second-order valence-electron chi connectivity index (χ2n) is 11.5. The van der Waals surface area contributed by atoms with Crippen molar-refractivity contribution in [3.63, 3.8) is 0 Å². The van der Waals surface area contributed by atoms with E-state index in [9.17, 15) is 19.5 Å². The van der Waals surface area contributed by atoms with Crippen LogP contribution in [0, 0.1) is 12.8 Å². The predicted octanol–water partition coefficient (Wildman–Crippen LogP) is 6.40. The van der Waals surface area contributed by atoms with Crippen molar-refractivity contribution in [1.82, 2.24) is 15.5 Å². The van der Waals surface area contributed by atoms with Crippen molar-refractivity contribution in [1.29, 1.82) is 0 Å². The molecule has 0 fully saturated rings. The number of carbonyl (C=O) groups is 3. The van der Waals surface area contributed by atoms with Crippen molar-refractivity contribution in [2.24, 2.45) is 5.92 Å². The Morgan fingerprint density at radius 2 is 1.64 bits per heavy atom. The van der Waals surface area contributed by atoms with Crippen molar-refractivity contribution in [3.8, 4) is 5.75 Å². The SMILES string of the molecule is CCCCCCN(C(=O)C(NC(=O)OC(C)(C)C)C(C)CC)C(C(=O)NCCCCC)c1ccc(O)c(C)c1. The van der Waals surface area contributed by atoms with E-state index in [-0.39, 0.29) is 23.5 Å². The number of aromatic hydroxyl groups is 1. The lowest BCUT2D eigenvalue weighted by molar-refractivity contribution is -0.143. The van der Waals surface area contributed by atoms with Crippen LogP contribution in [0.5, 0.6) is 5.75 Å². The molecule has 0 aliphatic carbocycles. The van der Waals surface area contributed by atoms with Gasteiger partial charge in [-0.2, -0.15) is 0 Å². The molecule has 1 aromatic carbocycles. The maximum absolute atomic E-state index is 14.3. The largest absolute Gasteiger partial charge is 0.508 e. The Bertz CT molecular complexity index is 912. The third-order valence-electron chi connectivity index (χ3n) is 6.86. The van der Waals surface area contributed by atoms with Crippen LogP contribution >= 0.6 is 0 Å². The normalized spacial score (nSPS) is 13.7. The molecular weight excluding hydrogens is 494 g/mol. The highest BCUT2D eigenvalue weighted by Crippen LogP contribution is 2.28. The zero-order valence-electron chi connectivity index (χ0n) is 25.6. The average Bonchev–Trinajstić information content (AvgIpc) is 2.87. The fraction of sp³-hybridized carbons (Fsp3) is 0.710. The number of unbranched alkanes of at least 4 members (excludes halogenated alkanes) is 5. The van der Waals surface area contributed by atoms with Gasteiger partial charge in [-0.15, -0.1) is 0 Å². The number of carbonyl (C=O) groups excluding carboxylic acids is 3. The Morgan fingerprint density at radius 1 is 1.00 bits per heavy atom. The van der Waals surface area contributed by atoms with E-state index in [0.29, 0.717) is 30.6 Å². The summed E-state index contributed by atoms with van der Waals surface area (Å²) >= 11 is 0. The van der Waals surface area contributed by atoms with E-state index in [1.54, 1.807) is 50.8 Å². The van der Waals surface area contributed by atoms with Crippen LogP contribution in [0.3, 0.4) is 0 Å². The molecule has 39 heavy (non-hydrogen) atoms. The van der Waals surface area contributed by atoms with Crippen molar-refractivity contribution in [2.75, 3.05) is 13.1 Å². The van der Waals surface area contributed by atoms with E-state index in [4.69, 9.17) is 4.74 Å². The number of ether oxygens (including phenoxy) is 1. The molecular formula is C31H53N3O5. The van der Waals surface area contributed by atoms with Gasteiger partial charge in [-0.3, -0.25) is 9.59 Å². The first-order valence-electron chi connectivity index (χ1n) is 14.7. The summed E-state index contributed by atoms with van der Waals surface area (Å²) in [6.45, 7) is 16.1. The van der Waals surface area contributed by atoms with Crippen molar-refractivity contribution in [2.45, 2.75) is 124 Å². The molecule has 222 valence electrons. The Balaban J connectivity index is 3.51.